The monoisotopic (exact) mass is 257 g/mol. The first kappa shape index (κ1) is 13.4. The largest absolute Gasteiger partial charge is 0.497 e. The van der Waals surface area contributed by atoms with E-state index in [1.165, 1.54) is 5.56 Å². The van der Waals surface area contributed by atoms with Gasteiger partial charge in [-0.3, -0.25) is 0 Å². The van der Waals surface area contributed by atoms with Crippen molar-refractivity contribution >= 4 is 5.82 Å². The predicted octanol–water partition coefficient (Wildman–Crippen LogP) is 2.19. The maximum atomic E-state index is 5.61. The molecule has 0 bridgehead atoms. The fourth-order valence-electron chi connectivity index (χ4n) is 1.92. The summed E-state index contributed by atoms with van der Waals surface area (Å²) in [6.07, 6.45) is 0. The van der Waals surface area contributed by atoms with Gasteiger partial charge in [-0.2, -0.15) is 0 Å². The van der Waals surface area contributed by atoms with E-state index in [4.69, 9.17) is 10.5 Å². The van der Waals surface area contributed by atoms with Gasteiger partial charge in [0, 0.05) is 20.1 Å². The van der Waals surface area contributed by atoms with Crippen LogP contribution in [-0.4, -0.2) is 19.1 Å². The van der Waals surface area contributed by atoms with Gasteiger partial charge in [-0.05, 0) is 29.8 Å². The Morgan fingerprint density at radius 1 is 1.21 bits per heavy atom. The Morgan fingerprint density at radius 2 is 2.00 bits per heavy atom. The smallest absolute Gasteiger partial charge is 0.128 e. The number of ether oxygens (including phenoxy) is 1. The SMILES string of the molecule is COc1cccc(CN(C)c2cccc(CN)n2)c1. The van der Waals surface area contributed by atoms with E-state index in [2.05, 4.69) is 16.0 Å². The number of methoxy groups -OCH3 is 1. The fraction of sp³-hybridized carbons (Fsp3) is 0.267. The highest BCUT2D eigenvalue weighted by Crippen LogP contribution is 2.17. The summed E-state index contributed by atoms with van der Waals surface area (Å²) >= 11 is 0. The molecule has 19 heavy (non-hydrogen) atoms. The van der Waals surface area contributed by atoms with Gasteiger partial charge in [0.05, 0.1) is 12.8 Å². The maximum absolute atomic E-state index is 5.61. The summed E-state index contributed by atoms with van der Waals surface area (Å²) in [5, 5.41) is 0. The van der Waals surface area contributed by atoms with Crippen LogP contribution in [0.25, 0.3) is 0 Å². The highest BCUT2D eigenvalue weighted by atomic mass is 16.5. The lowest BCUT2D eigenvalue weighted by Gasteiger charge is -2.19. The van der Waals surface area contributed by atoms with E-state index in [1.54, 1.807) is 7.11 Å². The van der Waals surface area contributed by atoms with Crippen molar-refractivity contribution in [1.29, 1.82) is 0 Å². The molecule has 2 N–H and O–H groups in total. The zero-order valence-corrected chi connectivity index (χ0v) is 11.3. The van der Waals surface area contributed by atoms with Gasteiger partial charge in [-0.1, -0.05) is 18.2 Å². The molecule has 100 valence electrons. The number of pyridine rings is 1. The Hall–Kier alpha value is -2.07. The summed E-state index contributed by atoms with van der Waals surface area (Å²) in [7, 11) is 3.69. The lowest BCUT2D eigenvalue weighted by Crippen LogP contribution is -2.18. The molecule has 2 rings (SSSR count). The zero-order valence-electron chi connectivity index (χ0n) is 11.3. The van der Waals surface area contributed by atoms with Crippen molar-refractivity contribution < 1.29 is 4.74 Å². The Balaban J connectivity index is 2.13. The minimum Gasteiger partial charge on any atom is -0.497 e. The molecule has 0 saturated heterocycles. The van der Waals surface area contributed by atoms with Gasteiger partial charge in [0.25, 0.3) is 0 Å². The van der Waals surface area contributed by atoms with E-state index < -0.39 is 0 Å². The first-order valence-corrected chi connectivity index (χ1v) is 6.23. The Labute approximate surface area is 113 Å². The van der Waals surface area contributed by atoms with E-state index >= 15 is 0 Å². The molecule has 2 aromatic rings. The molecule has 0 saturated carbocycles. The average molecular weight is 257 g/mol. The first-order chi connectivity index (χ1) is 9.22. The summed E-state index contributed by atoms with van der Waals surface area (Å²) in [4.78, 5) is 6.59. The quantitative estimate of drug-likeness (QED) is 0.892. The zero-order chi connectivity index (χ0) is 13.7. The molecular weight excluding hydrogens is 238 g/mol. The van der Waals surface area contributed by atoms with Crippen molar-refractivity contribution in [3.8, 4) is 5.75 Å². The minimum atomic E-state index is 0.459. The van der Waals surface area contributed by atoms with Gasteiger partial charge in [0.15, 0.2) is 0 Å². The third-order valence-electron chi connectivity index (χ3n) is 2.95. The molecule has 0 aliphatic carbocycles. The molecule has 0 atom stereocenters. The van der Waals surface area contributed by atoms with Crippen molar-refractivity contribution in [2.45, 2.75) is 13.1 Å². The molecule has 1 heterocycles. The number of nitrogens with two attached hydrogens (primary N) is 1. The number of hydrogen-bond acceptors (Lipinski definition) is 4. The molecule has 0 fully saturated rings. The van der Waals surface area contributed by atoms with Crippen molar-refractivity contribution in [2.75, 3.05) is 19.1 Å². The lowest BCUT2D eigenvalue weighted by molar-refractivity contribution is 0.414. The van der Waals surface area contributed by atoms with Crippen LogP contribution in [-0.2, 0) is 13.1 Å². The second-order valence-corrected chi connectivity index (χ2v) is 4.40. The topological polar surface area (TPSA) is 51.4 Å². The minimum absolute atomic E-state index is 0.459. The van der Waals surface area contributed by atoms with Crippen LogP contribution in [0, 0.1) is 0 Å². The van der Waals surface area contributed by atoms with Crippen molar-refractivity contribution in [1.82, 2.24) is 4.98 Å². The maximum Gasteiger partial charge on any atom is 0.128 e. The molecule has 4 heteroatoms. The van der Waals surface area contributed by atoms with E-state index in [0.717, 1.165) is 23.8 Å². The summed E-state index contributed by atoms with van der Waals surface area (Å²) in [5.41, 5.74) is 7.69. The number of aromatic nitrogens is 1. The van der Waals surface area contributed by atoms with E-state index in [9.17, 15) is 0 Å². The van der Waals surface area contributed by atoms with Crippen LogP contribution in [0.5, 0.6) is 5.75 Å². The van der Waals surface area contributed by atoms with Crippen LogP contribution < -0.4 is 15.4 Å². The Morgan fingerprint density at radius 3 is 2.74 bits per heavy atom. The highest BCUT2D eigenvalue weighted by molar-refractivity contribution is 5.40. The van der Waals surface area contributed by atoms with Gasteiger partial charge in [-0.25, -0.2) is 4.98 Å². The van der Waals surface area contributed by atoms with Crippen LogP contribution in [0.4, 0.5) is 5.82 Å². The van der Waals surface area contributed by atoms with Crippen LogP contribution in [0.3, 0.4) is 0 Å². The fourth-order valence-corrected chi connectivity index (χ4v) is 1.92. The molecule has 0 aliphatic heterocycles. The molecule has 0 unspecified atom stereocenters. The number of hydrogen-bond donors (Lipinski definition) is 1. The predicted molar refractivity (Wildman–Crippen MR) is 77.2 cm³/mol. The van der Waals surface area contributed by atoms with Gasteiger partial charge >= 0.3 is 0 Å². The molecular formula is C15H19N3O. The van der Waals surface area contributed by atoms with Crippen LogP contribution in [0.15, 0.2) is 42.5 Å². The van der Waals surface area contributed by atoms with Gasteiger partial charge in [0.1, 0.15) is 11.6 Å². The highest BCUT2D eigenvalue weighted by Gasteiger charge is 2.05. The standard InChI is InChI=1S/C15H19N3O/c1-18(15-8-4-6-13(10-16)17-15)11-12-5-3-7-14(9-12)19-2/h3-9H,10-11,16H2,1-2H3. The van der Waals surface area contributed by atoms with Crippen molar-refractivity contribution in [2.24, 2.45) is 5.73 Å². The van der Waals surface area contributed by atoms with Crippen molar-refractivity contribution in [3.63, 3.8) is 0 Å². The number of nitrogens with zero attached hydrogens (tertiary/aromatic N) is 2. The third-order valence-corrected chi connectivity index (χ3v) is 2.95. The van der Waals surface area contributed by atoms with Crippen LogP contribution in [0.1, 0.15) is 11.3 Å². The normalized spacial score (nSPS) is 10.3. The summed E-state index contributed by atoms with van der Waals surface area (Å²) in [6.45, 7) is 1.24. The average Bonchev–Trinajstić information content (AvgIpc) is 2.47. The summed E-state index contributed by atoms with van der Waals surface area (Å²) < 4.78 is 5.23. The van der Waals surface area contributed by atoms with Gasteiger partial charge in [-0.15, -0.1) is 0 Å². The molecule has 0 amide bonds. The second kappa shape index (κ2) is 6.20. The van der Waals surface area contributed by atoms with E-state index in [0.29, 0.717) is 6.54 Å². The van der Waals surface area contributed by atoms with Gasteiger partial charge < -0.3 is 15.4 Å². The van der Waals surface area contributed by atoms with Crippen LogP contribution >= 0.6 is 0 Å². The Kier molecular flexibility index (Phi) is 4.36. The summed E-state index contributed by atoms with van der Waals surface area (Å²) in [5.74, 6) is 1.79. The van der Waals surface area contributed by atoms with Gasteiger partial charge in [0.2, 0.25) is 0 Å². The first-order valence-electron chi connectivity index (χ1n) is 6.23. The molecule has 0 aliphatic rings. The van der Waals surface area contributed by atoms with E-state index in [-0.39, 0.29) is 0 Å². The number of rotatable bonds is 5. The number of benzene rings is 1. The van der Waals surface area contributed by atoms with Crippen LogP contribution in [0.2, 0.25) is 0 Å². The number of anilines is 1. The Bertz CT molecular complexity index is 542. The molecule has 0 spiro atoms. The van der Waals surface area contributed by atoms with E-state index in [1.807, 2.05) is 43.4 Å². The molecule has 4 nitrogen and oxygen atoms in total. The molecule has 0 radical (unpaired) electrons. The third kappa shape index (κ3) is 3.45. The van der Waals surface area contributed by atoms with Crippen molar-refractivity contribution in [3.05, 3.63) is 53.7 Å². The lowest BCUT2D eigenvalue weighted by atomic mass is 10.2. The second-order valence-electron chi connectivity index (χ2n) is 4.40. The molecule has 1 aromatic carbocycles. The molecule has 1 aromatic heterocycles. The summed E-state index contributed by atoms with van der Waals surface area (Å²) in [6, 6.07) is 13.9.